The summed E-state index contributed by atoms with van der Waals surface area (Å²) in [5.41, 5.74) is 1.66. The second-order valence-corrected chi connectivity index (χ2v) is 8.40. The van der Waals surface area contributed by atoms with Crippen molar-refractivity contribution < 1.29 is 14.1 Å². The van der Waals surface area contributed by atoms with Crippen LogP contribution in [-0.4, -0.2) is 29.5 Å². The maximum Gasteiger partial charge on any atom is 0.344 e. The maximum absolute atomic E-state index is 13.4. The standard InChI is InChI=1S/C26H14N6O5/c33-26-20-19(14-6-5-7-15(12-14)32(34)35)21-24-29-23(17-9-3-4-11-27-17)30-31(24)13-28-25(21)37-22(20)16-8-1-2-10-18(16)36-26/h1-13,19H. The molecule has 2 aromatic carbocycles. The summed E-state index contributed by atoms with van der Waals surface area (Å²) in [7, 11) is 0. The molecule has 6 aromatic rings. The van der Waals surface area contributed by atoms with Crippen LogP contribution in [0.15, 0.2) is 88.5 Å². The highest BCUT2D eigenvalue weighted by atomic mass is 16.6. The second kappa shape index (κ2) is 7.78. The first-order chi connectivity index (χ1) is 18.1. The van der Waals surface area contributed by atoms with Gasteiger partial charge in [0, 0.05) is 18.3 Å². The third-order valence-corrected chi connectivity index (χ3v) is 6.27. The number of non-ortho nitro benzene ring substituents is 1. The van der Waals surface area contributed by atoms with Gasteiger partial charge in [-0.1, -0.05) is 30.3 Å². The highest BCUT2D eigenvalue weighted by Crippen LogP contribution is 2.49. The van der Waals surface area contributed by atoms with Crippen LogP contribution in [0.1, 0.15) is 22.6 Å². The number of fused-ring (bicyclic) bond motifs is 6. The predicted octanol–water partition coefficient (Wildman–Crippen LogP) is 4.49. The lowest BCUT2D eigenvalue weighted by Gasteiger charge is -2.27. The zero-order chi connectivity index (χ0) is 25.1. The smallest absolute Gasteiger partial charge is 0.344 e. The van der Waals surface area contributed by atoms with Crippen molar-refractivity contribution >= 4 is 22.3 Å². The molecule has 0 aliphatic carbocycles. The number of nitrogens with zero attached hydrogens (tertiary/aromatic N) is 6. The number of aromatic nitrogens is 5. The fourth-order valence-electron chi connectivity index (χ4n) is 4.68. The van der Waals surface area contributed by atoms with Gasteiger partial charge in [0.2, 0.25) is 11.7 Å². The molecule has 1 aliphatic heterocycles. The number of benzene rings is 2. The molecule has 0 radical (unpaired) electrons. The van der Waals surface area contributed by atoms with E-state index in [2.05, 4.69) is 15.1 Å². The van der Waals surface area contributed by atoms with Gasteiger partial charge in [0.25, 0.3) is 5.69 Å². The van der Waals surface area contributed by atoms with E-state index in [1.807, 2.05) is 6.07 Å². The first kappa shape index (κ1) is 20.9. The van der Waals surface area contributed by atoms with Crippen LogP contribution in [0.3, 0.4) is 0 Å². The minimum absolute atomic E-state index is 0.118. The lowest BCUT2D eigenvalue weighted by molar-refractivity contribution is -0.384. The Morgan fingerprint density at radius 3 is 2.68 bits per heavy atom. The van der Waals surface area contributed by atoms with Crippen molar-refractivity contribution in [1.29, 1.82) is 0 Å². The molecule has 0 spiro atoms. The van der Waals surface area contributed by atoms with E-state index in [9.17, 15) is 14.9 Å². The van der Waals surface area contributed by atoms with Gasteiger partial charge in [0.05, 0.1) is 27.4 Å². The van der Waals surface area contributed by atoms with Crippen molar-refractivity contribution in [2.24, 2.45) is 0 Å². The molecular weight excluding hydrogens is 476 g/mol. The molecule has 0 amide bonds. The van der Waals surface area contributed by atoms with Crippen molar-refractivity contribution in [3.8, 4) is 23.1 Å². The van der Waals surface area contributed by atoms with Crippen LogP contribution in [0.5, 0.6) is 11.6 Å². The number of para-hydroxylation sites is 1. The highest BCUT2D eigenvalue weighted by molar-refractivity contribution is 5.87. The summed E-state index contributed by atoms with van der Waals surface area (Å²) in [4.78, 5) is 38.0. The monoisotopic (exact) mass is 490 g/mol. The lowest BCUT2D eigenvalue weighted by Crippen LogP contribution is -2.22. The van der Waals surface area contributed by atoms with Gasteiger partial charge in [0.1, 0.15) is 17.6 Å². The highest BCUT2D eigenvalue weighted by Gasteiger charge is 2.38. The van der Waals surface area contributed by atoms with Crippen molar-refractivity contribution in [2.75, 3.05) is 0 Å². The largest absolute Gasteiger partial charge is 0.437 e. The summed E-state index contributed by atoms with van der Waals surface area (Å²) in [5.74, 6) is 0.0332. The molecule has 178 valence electrons. The molecule has 1 aliphatic rings. The normalized spacial score (nSPS) is 14.2. The number of hydrogen-bond acceptors (Lipinski definition) is 9. The minimum Gasteiger partial charge on any atom is -0.437 e. The predicted molar refractivity (Wildman–Crippen MR) is 131 cm³/mol. The Kier molecular flexibility index (Phi) is 4.39. The first-order valence-corrected chi connectivity index (χ1v) is 11.2. The van der Waals surface area contributed by atoms with Crippen molar-refractivity contribution in [3.63, 3.8) is 0 Å². The van der Waals surface area contributed by atoms with Crippen LogP contribution < -0.4 is 10.4 Å². The summed E-state index contributed by atoms with van der Waals surface area (Å²) in [6, 6.07) is 18.5. The van der Waals surface area contributed by atoms with Gasteiger partial charge in [-0.3, -0.25) is 15.1 Å². The molecule has 0 N–H and O–H groups in total. The van der Waals surface area contributed by atoms with Gasteiger partial charge in [0.15, 0.2) is 11.4 Å². The van der Waals surface area contributed by atoms with Crippen LogP contribution in [0.4, 0.5) is 5.69 Å². The molecular formula is C26H14N6O5. The van der Waals surface area contributed by atoms with E-state index in [-0.39, 0.29) is 22.9 Å². The number of nitro benzene ring substituents is 1. The fraction of sp³-hybridized carbons (Fsp3) is 0.0385. The van der Waals surface area contributed by atoms with Gasteiger partial charge in [-0.05, 0) is 29.8 Å². The van der Waals surface area contributed by atoms with Crippen molar-refractivity contribution in [2.45, 2.75) is 5.92 Å². The van der Waals surface area contributed by atoms with E-state index < -0.39 is 16.5 Å². The Balaban J connectivity index is 1.56. The molecule has 11 heteroatoms. The Hall–Kier alpha value is -5.45. The van der Waals surface area contributed by atoms with Gasteiger partial charge in [-0.15, -0.1) is 5.10 Å². The molecule has 0 fully saturated rings. The molecule has 0 saturated carbocycles. The van der Waals surface area contributed by atoms with E-state index >= 15 is 0 Å². The SMILES string of the molecule is O=c1oc2ccccc2c2c1C(c1cccc([N+](=O)[O-])c1)c1c(ncn3nc(-c4ccccn4)nc13)O2. The number of hydrogen-bond donors (Lipinski definition) is 0. The zero-order valence-electron chi connectivity index (χ0n) is 18.8. The number of nitro groups is 1. The number of pyridine rings is 1. The summed E-state index contributed by atoms with van der Waals surface area (Å²) in [5, 5.41) is 16.7. The van der Waals surface area contributed by atoms with E-state index in [1.165, 1.54) is 23.0 Å². The molecule has 11 nitrogen and oxygen atoms in total. The Morgan fingerprint density at radius 2 is 1.84 bits per heavy atom. The zero-order valence-corrected chi connectivity index (χ0v) is 18.8. The number of ether oxygens (including phenoxy) is 1. The quantitative estimate of drug-likeness (QED) is 0.199. The molecule has 0 saturated heterocycles. The molecule has 7 rings (SSSR count). The van der Waals surface area contributed by atoms with Crippen molar-refractivity contribution in [1.82, 2.24) is 24.6 Å². The van der Waals surface area contributed by atoms with E-state index in [4.69, 9.17) is 14.1 Å². The first-order valence-electron chi connectivity index (χ1n) is 11.2. The van der Waals surface area contributed by atoms with E-state index in [1.54, 1.807) is 54.7 Å². The molecule has 4 aromatic heterocycles. The van der Waals surface area contributed by atoms with Gasteiger partial charge >= 0.3 is 5.63 Å². The second-order valence-electron chi connectivity index (χ2n) is 8.40. The summed E-state index contributed by atoms with van der Waals surface area (Å²) in [6.45, 7) is 0. The topological polar surface area (TPSA) is 139 Å². The van der Waals surface area contributed by atoms with Crippen LogP contribution in [-0.2, 0) is 0 Å². The molecule has 37 heavy (non-hydrogen) atoms. The Labute approximate surface area is 206 Å². The van der Waals surface area contributed by atoms with E-state index in [0.29, 0.717) is 39.3 Å². The third kappa shape index (κ3) is 3.18. The fourth-order valence-corrected chi connectivity index (χ4v) is 4.68. The van der Waals surface area contributed by atoms with Gasteiger partial charge in [-0.25, -0.2) is 19.3 Å². The average Bonchev–Trinajstić information content (AvgIpc) is 3.37. The average molecular weight is 490 g/mol. The maximum atomic E-state index is 13.4. The van der Waals surface area contributed by atoms with Gasteiger partial charge in [-0.2, -0.15) is 0 Å². The summed E-state index contributed by atoms with van der Waals surface area (Å²) < 4.78 is 13.3. The van der Waals surface area contributed by atoms with E-state index in [0.717, 1.165) is 0 Å². The Bertz CT molecular complexity index is 1930. The lowest BCUT2D eigenvalue weighted by atomic mass is 9.84. The molecule has 1 atom stereocenters. The van der Waals surface area contributed by atoms with Crippen LogP contribution >= 0.6 is 0 Å². The minimum atomic E-state index is -0.823. The van der Waals surface area contributed by atoms with Crippen LogP contribution in [0.25, 0.3) is 28.1 Å². The van der Waals surface area contributed by atoms with Crippen molar-refractivity contribution in [3.05, 3.63) is 116 Å². The van der Waals surface area contributed by atoms with Gasteiger partial charge < -0.3 is 9.15 Å². The summed E-state index contributed by atoms with van der Waals surface area (Å²) >= 11 is 0. The molecule has 1 unspecified atom stereocenters. The third-order valence-electron chi connectivity index (χ3n) is 6.27. The molecule has 0 bridgehead atoms. The Morgan fingerprint density at radius 1 is 0.973 bits per heavy atom. The van der Waals surface area contributed by atoms with Crippen LogP contribution in [0.2, 0.25) is 0 Å². The summed E-state index contributed by atoms with van der Waals surface area (Å²) in [6.07, 6.45) is 3.10. The number of rotatable bonds is 3. The van der Waals surface area contributed by atoms with Crippen LogP contribution in [0, 0.1) is 10.1 Å². The molecule has 5 heterocycles.